The Bertz CT molecular complexity index is 3260. The van der Waals surface area contributed by atoms with E-state index in [-0.39, 0.29) is 11.6 Å². The summed E-state index contributed by atoms with van der Waals surface area (Å²) in [5.74, 6) is 2.70. The number of pyridine rings is 2. The van der Waals surface area contributed by atoms with E-state index in [1.807, 2.05) is 97.1 Å². The topological polar surface area (TPSA) is 100 Å². The van der Waals surface area contributed by atoms with Gasteiger partial charge >= 0.3 is 0 Å². The average Bonchev–Trinajstić information content (AvgIpc) is 3.86. The van der Waals surface area contributed by atoms with Crippen molar-refractivity contribution in [3.05, 3.63) is 171 Å². The van der Waals surface area contributed by atoms with Crippen molar-refractivity contribution in [1.29, 1.82) is 0 Å². The zero-order valence-corrected chi connectivity index (χ0v) is 40.2. The Kier molecular flexibility index (Phi) is 13.9. The number of anilines is 3. The molecule has 69 heavy (non-hydrogen) atoms. The Morgan fingerprint density at radius 3 is 1.51 bits per heavy atom. The average molecular weight is 983 g/mol. The summed E-state index contributed by atoms with van der Waals surface area (Å²) in [5, 5.41) is 6.52. The molecular weight excluding hydrogens is 934 g/mol. The van der Waals surface area contributed by atoms with Crippen LogP contribution in [0.1, 0.15) is 33.2 Å². The van der Waals surface area contributed by atoms with Gasteiger partial charge in [-0.05, 0) is 71.8 Å². The third kappa shape index (κ3) is 9.15. The molecule has 4 aliphatic rings. The highest BCUT2D eigenvalue weighted by molar-refractivity contribution is 6.39. The van der Waals surface area contributed by atoms with E-state index in [2.05, 4.69) is 43.2 Å². The normalized spacial score (nSPS) is 14.5. The molecule has 2 saturated heterocycles. The van der Waals surface area contributed by atoms with Crippen LogP contribution in [0.2, 0.25) is 15.2 Å². The number of para-hydroxylation sites is 6. The predicted molar refractivity (Wildman–Crippen MR) is 279 cm³/mol. The maximum Gasteiger partial charge on any atom is 0.195 e. The number of piperazine rings is 2. The second kappa shape index (κ2) is 20.9. The van der Waals surface area contributed by atoms with Crippen LogP contribution in [0.4, 0.5) is 21.6 Å². The number of ether oxygens (including phenoxy) is 2. The molecule has 8 aromatic rings. The van der Waals surface area contributed by atoms with Crippen LogP contribution in [0.3, 0.4) is 0 Å². The number of halogens is 4. The molecule has 0 bridgehead atoms. The number of benzene rings is 6. The monoisotopic (exact) mass is 981 g/mol. The van der Waals surface area contributed by atoms with Crippen LogP contribution in [-0.2, 0) is 0 Å². The standard InChI is InChI=1S/C27H22ClN3O2.C16H7Cl2NO.C11H16N2O.CH3F/c1-33-23-9-5-4-8-22(23)30-12-14-31(15-13-30)27-25-18-11-10-17(28)16-20(18)26(32)24(25)19-6-2-3-7-21(19)29-27;17-8-5-6-9-11(7-8)15(20)13-10-3-1-2-4-12(10)19-16(18)14(9)13;1-14-11-5-3-2-4-10(11)13-8-6-12-7-9-13;1-2/h2-11,16H,12-15H2,1H3;1-7H;2-5,12H,6-9H2,1H3;1H3/i;;;1D. The van der Waals surface area contributed by atoms with Crippen LogP contribution >= 0.6 is 34.8 Å². The lowest BCUT2D eigenvalue weighted by Gasteiger charge is -2.38. The molecule has 2 aliphatic heterocycles. The number of nitrogens with zero attached hydrogens (tertiary/aromatic N) is 5. The quantitative estimate of drug-likeness (QED) is 0.168. The molecule has 0 saturated carbocycles. The van der Waals surface area contributed by atoms with E-state index in [0.29, 0.717) is 37.5 Å². The van der Waals surface area contributed by atoms with Crippen LogP contribution in [0.5, 0.6) is 11.5 Å². The molecule has 2 fully saturated rings. The van der Waals surface area contributed by atoms with Crippen LogP contribution in [0, 0.1) is 0 Å². The van der Waals surface area contributed by atoms with Crippen molar-refractivity contribution in [1.82, 2.24) is 15.3 Å². The number of ketones is 2. The molecule has 14 heteroatoms. The van der Waals surface area contributed by atoms with E-state index >= 15 is 0 Å². The number of hydrogen-bond donors (Lipinski definition) is 1. The molecule has 12 rings (SSSR count). The van der Waals surface area contributed by atoms with Crippen LogP contribution in [-0.4, -0.2) is 95.3 Å². The number of hydrogen-bond acceptors (Lipinski definition) is 10. The molecule has 0 amide bonds. The summed E-state index contributed by atoms with van der Waals surface area (Å²) in [6, 6.07) is 42.5. The summed E-state index contributed by atoms with van der Waals surface area (Å²) >= 11 is 18.5. The number of carbonyl (C=O) groups excluding carboxylic acids is 2. The molecule has 0 atom stereocenters. The lowest BCUT2D eigenvalue weighted by atomic mass is 10.0. The fourth-order valence-electron chi connectivity index (χ4n) is 9.54. The third-order valence-corrected chi connectivity index (χ3v) is 13.5. The molecule has 10 nitrogen and oxygen atoms in total. The Morgan fingerprint density at radius 1 is 0.536 bits per heavy atom. The molecule has 2 aromatic heterocycles. The second-order valence-electron chi connectivity index (χ2n) is 16.5. The SMILES string of the molecule is COc1ccccc1N1CCN(c2nc3ccccc3c3c2-c2ccc(Cl)cc2C3=O)CC1.COc1ccccc1N1CCNCC1.O=C1c2cc(Cl)ccc2-c2c(Cl)nc3ccccc3c21.[2H]CF. The molecule has 350 valence electrons. The third-order valence-electron chi connectivity index (χ3n) is 12.7. The molecule has 0 unspecified atom stereocenters. The maximum absolute atomic E-state index is 13.5. The second-order valence-corrected chi connectivity index (χ2v) is 17.7. The summed E-state index contributed by atoms with van der Waals surface area (Å²) in [6.07, 6.45) is 0. The van der Waals surface area contributed by atoms with E-state index in [1.54, 1.807) is 32.4 Å². The van der Waals surface area contributed by atoms with Crippen LogP contribution < -0.4 is 29.5 Å². The maximum atomic E-state index is 13.5. The van der Waals surface area contributed by atoms with Gasteiger partial charge in [0.15, 0.2) is 11.6 Å². The minimum absolute atomic E-state index is 0.0232. The summed E-state index contributed by atoms with van der Waals surface area (Å²) in [5.41, 5.74) is 9.84. The number of alkyl halides is 1. The van der Waals surface area contributed by atoms with Gasteiger partial charge in [-0.1, -0.05) is 108 Å². The smallest absolute Gasteiger partial charge is 0.195 e. The Balaban J connectivity index is 0.000000139. The number of fused-ring (bicyclic) bond motifs is 10. The Hall–Kier alpha value is -6.76. The largest absolute Gasteiger partial charge is 0.495 e. The zero-order valence-electron chi connectivity index (χ0n) is 38.9. The van der Waals surface area contributed by atoms with E-state index in [1.165, 1.54) is 5.69 Å². The first-order valence-corrected chi connectivity index (χ1v) is 23.6. The molecule has 1 N–H and O–H groups in total. The number of rotatable bonds is 5. The fraction of sp³-hybridized carbons (Fsp3) is 0.200. The lowest BCUT2D eigenvalue weighted by molar-refractivity contribution is 0.103. The fourth-order valence-corrected chi connectivity index (χ4v) is 10.2. The Morgan fingerprint density at radius 2 is 0.971 bits per heavy atom. The number of carbonyl (C=O) groups is 2. The van der Waals surface area contributed by atoms with Crippen molar-refractivity contribution in [3.63, 3.8) is 0 Å². The minimum Gasteiger partial charge on any atom is -0.495 e. The molecule has 0 spiro atoms. The lowest BCUT2D eigenvalue weighted by Crippen LogP contribution is -2.47. The van der Waals surface area contributed by atoms with Gasteiger partial charge in [0.1, 0.15) is 22.5 Å². The molecule has 2 aliphatic carbocycles. The number of methoxy groups -OCH3 is 2. The van der Waals surface area contributed by atoms with Crippen molar-refractivity contribution >= 4 is 85.4 Å². The van der Waals surface area contributed by atoms with Gasteiger partial charge in [-0.2, -0.15) is 0 Å². The molecule has 6 aromatic carbocycles. The molecule has 0 radical (unpaired) electrons. The van der Waals surface area contributed by atoms with E-state index in [9.17, 15) is 14.0 Å². The van der Waals surface area contributed by atoms with E-state index in [4.69, 9.17) is 50.6 Å². The van der Waals surface area contributed by atoms with Crippen molar-refractivity contribution in [3.8, 4) is 33.8 Å². The van der Waals surface area contributed by atoms with Crippen LogP contribution in [0.15, 0.2) is 133 Å². The highest BCUT2D eigenvalue weighted by atomic mass is 35.5. The van der Waals surface area contributed by atoms with Crippen molar-refractivity contribution in [2.24, 2.45) is 0 Å². The zero-order chi connectivity index (χ0) is 48.9. The summed E-state index contributed by atoms with van der Waals surface area (Å²) < 4.78 is 26.4. The van der Waals surface area contributed by atoms with Crippen molar-refractivity contribution in [2.75, 3.05) is 88.4 Å². The summed E-state index contributed by atoms with van der Waals surface area (Å²) in [6.45, 7) is 7.49. The van der Waals surface area contributed by atoms with Gasteiger partial charge < -0.3 is 29.5 Å². The molecule has 4 heterocycles. The van der Waals surface area contributed by atoms with Gasteiger partial charge in [0, 0.05) is 107 Å². The number of aromatic nitrogens is 2. The number of nitrogens with one attached hydrogen (secondary N) is 1. The van der Waals surface area contributed by atoms with E-state index in [0.717, 1.165) is 119 Å². The first kappa shape index (κ1) is 46.0. The first-order chi connectivity index (χ1) is 34.1. The predicted octanol–water partition coefficient (Wildman–Crippen LogP) is 11.9. The van der Waals surface area contributed by atoms with Crippen molar-refractivity contribution in [2.45, 2.75) is 0 Å². The summed E-state index contributed by atoms with van der Waals surface area (Å²) in [4.78, 5) is 42.6. The minimum atomic E-state index is -1.00. The van der Waals surface area contributed by atoms with Crippen LogP contribution in [0.25, 0.3) is 44.1 Å². The Labute approximate surface area is 416 Å². The molecular formula is C55H48Cl3FN6O4. The van der Waals surface area contributed by atoms with Gasteiger partial charge in [0.25, 0.3) is 0 Å². The highest BCUT2D eigenvalue weighted by Gasteiger charge is 2.35. The van der Waals surface area contributed by atoms with Gasteiger partial charge in [0.05, 0.1) is 45.2 Å². The van der Waals surface area contributed by atoms with Gasteiger partial charge in [0.2, 0.25) is 0 Å². The van der Waals surface area contributed by atoms with Gasteiger partial charge in [-0.15, -0.1) is 0 Å². The van der Waals surface area contributed by atoms with Gasteiger partial charge in [-0.25, -0.2) is 9.97 Å². The summed E-state index contributed by atoms with van der Waals surface area (Å²) in [7, 11) is 2.43. The van der Waals surface area contributed by atoms with Crippen molar-refractivity contribution < 1.29 is 24.8 Å². The highest BCUT2D eigenvalue weighted by Crippen LogP contribution is 2.47. The first-order valence-electron chi connectivity index (χ1n) is 23.1. The van der Waals surface area contributed by atoms with Gasteiger partial charge in [-0.3, -0.25) is 14.0 Å². The van der Waals surface area contributed by atoms with E-state index < -0.39 is 7.15 Å².